The Bertz CT molecular complexity index is 709. The summed E-state index contributed by atoms with van der Waals surface area (Å²) in [4.78, 5) is 3.48. The van der Waals surface area contributed by atoms with Gasteiger partial charge in [0.2, 0.25) is 0 Å². The van der Waals surface area contributed by atoms with E-state index in [1.165, 1.54) is 26.1 Å². The lowest BCUT2D eigenvalue weighted by molar-refractivity contribution is 0.337. The highest BCUT2D eigenvalue weighted by molar-refractivity contribution is 7.20. The van der Waals surface area contributed by atoms with Crippen molar-refractivity contribution >= 4 is 39.1 Å². The van der Waals surface area contributed by atoms with E-state index < -0.39 is 0 Å². The minimum absolute atomic E-state index is 0.859. The number of nitriles is 1. The molecule has 1 aromatic carbocycles. The Morgan fingerprint density at radius 2 is 2.26 bits per heavy atom. The molecular weight excluding hydrogens is 276 g/mol. The summed E-state index contributed by atoms with van der Waals surface area (Å²) in [6.07, 6.45) is 4.45. The van der Waals surface area contributed by atoms with Gasteiger partial charge in [0.25, 0.3) is 0 Å². The standard InChI is InChI=1S/C15H13ClN2S/c1-18-8-6-10-12(16)4-5-14-15(10)11(9-18)13(19-14)3-2-7-17/h2-5H,6,8-9H2,1H3/b3-2+. The molecule has 0 radical (unpaired) electrons. The van der Waals surface area contributed by atoms with Crippen molar-refractivity contribution < 1.29 is 0 Å². The molecule has 0 fully saturated rings. The van der Waals surface area contributed by atoms with E-state index in [0.717, 1.165) is 24.5 Å². The van der Waals surface area contributed by atoms with Crippen LogP contribution >= 0.6 is 22.9 Å². The van der Waals surface area contributed by atoms with Crippen LogP contribution in [0.3, 0.4) is 0 Å². The van der Waals surface area contributed by atoms with Gasteiger partial charge in [0.05, 0.1) is 6.07 Å². The van der Waals surface area contributed by atoms with Crippen molar-refractivity contribution in [3.05, 3.63) is 39.2 Å². The predicted octanol–water partition coefficient (Wildman–Crippen LogP) is 4.08. The lowest BCUT2D eigenvalue weighted by Gasteiger charge is -2.13. The molecule has 2 nitrogen and oxygen atoms in total. The first kappa shape index (κ1) is 12.7. The number of halogens is 1. The van der Waals surface area contributed by atoms with E-state index in [1.807, 2.05) is 12.1 Å². The summed E-state index contributed by atoms with van der Waals surface area (Å²) < 4.78 is 1.27. The molecule has 0 amide bonds. The number of hydrogen-bond acceptors (Lipinski definition) is 3. The second kappa shape index (κ2) is 4.97. The maximum Gasteiger partial charge on any atom is 0.0912 e. The van der Waals surface area contributed by atoms with Gasteiger partial charge in [-0.25, -0.2) is 0 Å². The van der Waals surface area contributed by atoms with Crippen LogP contribution in [0.1, 0.15) is 16.0 Å². The molecule has 0 unspecified atom stereocenters. The minimum Gasteiger partial charge on any atom is -0.302 e. The highest BCUT2D eigenvalue weighted by Crippen LogP contribution is 2.39. The van der Waals surface area contributed by atoms with Crippen LogP contribution in [-0.2, 0) is 13.0 Å². The van der Waals surface area contributed by atoms with Gasteiger partial charge in [0.1, 0.15) is 0 Å². The lowest BCUT2D eigenvalue weighted by atomic mass is 10.0. The summed E-state index contributed by atoms with van der Waals surface area (Å²) in [5.74, 6) is 0. The van der Waals surface area contributed by atoms with E-state index in [1.54, 1.807) is 17.4 Å². The Labute approximate surface area is 121 Å². The second-order valence-electron chi connectivity index (χ2n) is 4.79. The van der Waals surface area contributed by atoms with Gasteiger partial charge in [0.15, 0.2) is 0 Å². The highest BCUT2D eigenvalue weighted by atomic mass is 35.5. The molecule has 1 aromatic heterocycles. The molecule has 0 N–H and O–H groups in total. The van der Waals surface area contributed by atoms with Crippen LogP contribution < -0.4 is 0 Å². The predicted molar refractivity (Wildman–Crippen MR) is 81.5 cm³/mol. The Kier molecular flexibility index (Phi) is 3.32. The molecule has 1 aliphatic rings. The average Bonchev–Trinajstić information content (AvgIpc) is 2.62. The fraction of sp³-hybridized carbons (Fsp3) is 0.267. The topological polar surface area (TPSA) is 27.0 Å². The van der Waals surface area contributed by atoms with Crippen LogP contribution in [-0.4, -0.2) is 18.5 Å². The minimum atomic E-state index is 0.859. The van der Waals surface area contributed by atoms with E-state index in [-0.39, 0.29) is 0 Å². The van der Waals surface area contributed by atoms with E-state index in [0.29, 0.717) is 0 Å². The Balaban J connectivity index is 2.31. The molecule has 0 aliphatic carbocycles. The van der Waals surface area contributed by atoms with Gasteiger partial charge >= 0.3 is 0 Å². The van der Waals surface area contributed by atoms with Crippen molar-refractivity contribution in [3.8, 4) is 6.07 Å². The molecule has 0 atom stereocenters. The fourth-order valence-corrected chi connectivity index (χ4v) is 4.02. The fourth-order valence-electron chi connectivity index (χ4n) is 2.62. The molecule has 1 aliphatic heterocycles. The summed E-state index contributed by atoms with van der Waals surface area (Å²) in [5, 5.41) is 10.9. The third-order valence-corrected chi connectivity index (χ3v) is 5.03. The van der Waals surface area contributed by atoms with Crippen molar-refractivity contribution in [2.75, 3.05) is 13.6 Å². The quantitative estimate of drug-likeness (QED) is 0.739. The number of likely N-dealkylation sites (N-methyl/N-ethyl adjacent to an activating group) is 1. The van der Waals surface area contributed by atoms with Gasteiger partial charge in [-0.1, -0.05) is 11.6 Å². The maximum absolute atomic E-state index is 8.72. The van der Waals surface area contributed by atoms with E-state index in [4.69, 9.17) is 16.9 Å². The largest absolute Gasteiger partial charge is 0.302 e. The molecule has 0 bridgehead atoms. The van der Waals surface area contributed by atoms with Crippen molar-refractivity contribution in [2.24, 2.45) is 0 Å². The van der Waals surface area contributed by atoms with Gasteiger partial charge in [-0.15, -0.1) is 11.3 Å². The van der Waals surface area contributed by atoms with Crippen LogP contribution in [0.15, 0.2) is 18.2 Å². The zero-order valence-electron chi connectivity index (χ0n) is 10.6. The molecule has 96 valence electrons. The number of allylic oxidation sites excluding steroid dienone is 1. The third-order valence-electron chi connectivity index (χ3n) is 3.52. The summed E-state index contributed by atoms with van der Waals surface area (Å²) in [7, 11) is 2.13. The molecule has 2 heterocycles. The molecule has 0 saturated carbocycles. The molecule has 0 spiro atoms. The number of rotatable bonds is 1. The van der Waals surface area contributed by atoms with Crippen molar-refractivity contribution in [1.82, 2.24) is 4.90 Å². The van der Waals surface area contributed by atoms with E-state index in [2.05, 4.69) is 24.1 Å². The third kappa shape index (κ3) is 2.17. The molecule has 4 heteroatoms. The average molecular weight is 289 g/mol. The number of nitrogens with zero attached hydrogens (tertiary/aromatic N) is 2. The molecule has 19 heavy (non-hydrogen) atoms. The monoisotopic (exact) mass is 288 g/mol. The first-order valence-electron chi connectivity index (χ1n) is 6.18. The smallest absolute Gasteiger partial charge is 0.0912 e. The summed E-state index contributed by atoms with van der Waals surface area (Å²) in [6.45, 7) is 1.93. The van der Waals surface area contributed by atoms with Crippen LogP contribution in [0.25, 0.3) is 16.2 Å². The first-order valence-corrected chi connectivity index (χ1v) is 7.37. The Morgan fingerprint density at radius 1 is 1.42 bits per heavy atom. The van der Waals surface area contributed by atoms with Crippen molar-refractivity contribution in [1.29, 1.82) is 5.26 Å². The van der Waals surface area contributed by atoms with Crippen LogP contribution in [0, 0.1) is 11.3 Å². The van der Waals surface area contributed by atoms with Gasteiger partial charge < -0.3 is 4.90 Å². The Hall–Kier alpha value is -1.34. The van der Waals surface area contributed by atoms with E-state index >= 15 is 0 Å². The van der Waals surface area contributed by atoms with Crippen LogP contribution in [0.2, 0.25) is 5.02 Å². The first-order chi connectivity index (χ1) is 9.20. The maximum atomic E-state index is 8.72. The SMILES string of the molecule is CN1CCc2c(Cl)ccc3sc(/C=C/C#N)c(c23)C1. The molecule has 3 rings (SSSR count). The van der Waals surface area contributed by atoms with Gasteiger partial charge in [0, 0.05) is 39.2 Å². The van der Waals surface area contributed by atoms with Crippen LogP contribution in [0.4, 0.5) is 0 Å². The van der Waals surface area contributed by atoms with E-state index in [9.17, 15) is 0 Å². The molecular formula is C15H13ClN2S. The van der Waals surface area contributed by atoms with Crippen LogP contribution in [0.5, 0.6) is 0 Å². The molecule has 2 aromatic rings. The van der Waals surface area contributed by atoms with Gasteiger partial charge in [-0.2, -0.15) is 5.26 Å². The summed E-state index contributed by atoms with van der Waals surface area (Å²) in [5.41, 5.74) is 2.57. The number of hydrogen-bond donors (Lipinski definition) is 0. The second-order valence-corrected chi connectivity index (χ2v) is 6.29. The summed E-state index contributed by atoms with van der Waals surface area (Å²) >= 11 is 8.10. The normalized spacial score (nSPS) is 15.8. The zero-order chi connectivity index (χ0) is 13.4. The number of thiophene rings is 1. The number of benzene rings is 1. The molecule has 0 saturated heterocycles. The van der Waals surface area contributed by atoms with Crippen molar-refractivity contribution in [2.45, 2.75) is 13.0 Å². The van der Waals surface area contributed by atoms with Crippen molar-refractivity contribution in [3.63, 3.8) is 0 Å². The van der Waals surface area contributed by atoms with Gasteiger partial charge in [-0.05, 0) is 42.8 Å². The van der Waals surface area contributed by atoms with Gasteiger partial charge in [-0.3, -0.25) is 0 Å². The Morgan fingerprint density at radius 3 is 3.05 bits per heavy atom. The zero-order valence-corrected chi connectivity index (χ0v) is 12.2. The highest BCUT2D eigenvalue weighted by Gasteiger charge is 2.20. The summed E-state index contributed by atoms with van der Waals surface area (Å²) in [6, 6.07) is 6.15. The lowest BCUT2D eigenvalue weighted by Crippen LogP contribution is -2.18.